The van der Waals surface area contributed by atoms with Gasteiger partial charge in [0.25, 0.3) is 5.56 Å². The van der Waals surface area contributed by atoms with E-state index in [0.29, 0.717) is 47.3 Å². The lowest BCUT2D eigenvalue weighted by Crippen LogP contribution is -2.44. The molecule has 10 heteroatoms. The number of para-hydroxylation sites is 1. The normalized spacial score (nSPS) is 17.5. The van der Waals surface area contributed by atoms with E-state index in [1.54, 1.807) is 34.5 Å². The second-order valence-electron chi connectivity index (χ2n) is 8.62. The number of nitrogens with zero attached hydrogens (tertiary/aromatic N) is 4. The van der Waals surface area contributed by atoms with Gasteiger partial charge < -0.3 is 9.64 Å². The second-order valence-corrected chi connectivity index (χ2v) is 10.3. The van der Waals surface area contributed by atoms with Crippen LogP contribution < -0.4 is 5.56 Å². The lowest BCUT2D eigenvalue weighted by atomic mass is 10.2. The molecule has 2 saturated heterocycles. The van der Waals surface area contributed by atoms with Crippen LogP contribution >= 0.6 is 35.8 Å². The first kappa shape index (κ1) is 26.0. The molecule has 0 radical (unpaired) electrons. The molecule has 3 aromatic rings. The van der Waals surface area contributed by atoms with Crippen LogP contribution in [-0.2, 0) is 9.53 Å². The number of carbonyl (C=O) groups excluding carboxylic acids is 1. The Kier molecular flexibility index (Phi) is 8.73. The number of likely N-dealkylation sites (tertiary alicyclic amines) is 1. The predicted molar refractivity (Wildman–Crippen MR) is 142 cm³/mol. The van der Waals surface area contributed by atoms with Gasteiger partial charge in [-0.05, 0) is 42.8 Å². The molecule has 2 aliphatic rings. The molecule has 7 nitrogen and oxygen atoms in total. The summed E-state index contributed by atoms with van der Waals surface area (Å²) in [6.45, 7) is 5.35. The summed E-state index contributed by atoms with van der Waals surface area (Å²) in [4.78, 5) is 35.2. The zero-order valence-electron chi connectivity index (χ0n) is 19.3. The van der Waals surface area contributed by atoms with Crippen LogP contribution in [0.3, 0.4) is 0 Å². The van der Waals surface area contributed by atoms with Gasteiger partial charge in [0.2, 0.25) is 5.91 Å². The van der Waals surface area contributed by atoms with Gasteiger partial charge in [-0.15, -0.1) is 12.4 Å². The van der Waals surface area contributed by atoms with Crippen molar-refractivity contribution in [3.63, 3.8) is 0 Å². The highest BCUT2D eigenvalue weighted by Crippen LogP contribution is 2.28. The Hall–Kier alpha value is -2.10. The van der Waals surface area contributed by atoms with Crippen molar-refractivity contribution in [1.29, 1.82) is 0 Å². The van der Waals surface area contributed by atoms with Crippen LogP contribution in [0, 0.1) is 0 Å². The van der Waals surface area contributed by atoms with Gasteiger partial charge in [-0.1, -0.05) is 35.5 Å². The molecule has 3 heterocycles. The number of ether oxygens (including phenoxy) is 1. The van der Waals surface area contributed by atoms with Crippen LogP contribution in [-0.4, -0.2) is 76.4 Å². The smallest absolute Gasteiger partial charge is 0.266 e. The van der Waals surface area contributed by atoms with Gasteiger partial charge in [-0.2, -0.15) is 0 Å². The van der Waals surface area contributed by atoms with Crippen molar-refractivity contribution in [2.75, 3.05) is 45.9 Å². The van der Waals surface area contributed by atoms with E-state index in [1.165, 1.54) is 0 Å². The van der Waals surface area contributed by atoms with Crippen LogP contribution in [0.5, 0.6) is 0 Å². The summed E-state index contributed by atoms with van der Waals surface area (Å²) in [5.74, 6) is 0.203. The van der Waals surface area contributed by atoms with Crippen molar-refractivity contribution in [2.24, 2.45) is 0 Å². The summed E-state index contributed by atoms with van der Waals surface area (Å²) in [5, 5.41) is 1.86. The van der Waals surface area contributed by atoms with E-state index in [0.717, 1.165) is 38.3 Å². The van der Waals surface area contributed by atoms with E-state index in [1.807, 2.05) is 35.2 Å². The first-order chi connectivity index (χ1) is 16.6. The predicted octanol–water partition coefficient (Wildman–Crippen LogP) is 3.88. The van der Waals surface area contributed by atoms with Crippen molar-refractivity contribution in [1.82, 2.24) is 19.4 Å². The SMILES string of the molecule is Cl.O=C1CCCN1CC(CN1CCOCC1)Sc1nc2ccccc2c(=O)n1-c1ccc(Cl)cc1. The quantitative estimate of drug-likeness (QED) is 0.338. The lowest BCUT2D eigenvalue weighted by Gasteiger charge is -2.32. The summed E-state index contributed by atoms with van der Waals surface area (Å²) in [6.07, 6.45) is 1.51. The van der Waals surface area contributed by atoms with Gasteiger partial charge in [-0.3, -0.25) is 19.1 Å². The van der Waals surface area contributed by atoms with Crippen LogP contribution in [0.15, 0.2) is 58.5 Å². The zero-order chi connectivity index (χ0) is 23.5. The van der Waals surface area contributed by atoms with Crippen LogP contribution in [0.1, 0.15) is 12.8 Å². The fraction of sp³-hybridized carbons (Fsp3) is 0.400. The Morgan fingerprint density at radius 3 is 2.46 bits per heavy atom. The highest BCUT2D eigenvalue weighted by atomic mass is 35.5. The molecule has 35 heavy (non-hydrogen) atoms. The molecule has 0 bridgehead atoms. The van der Waals surface area contributed by atoms with E-state index >= 15 is 0 Å². The number of hydrogen-bond donors (Lipinski definition) is 0. The molecule has 2 aliphatic heterocycles. The van der Waals surface area contributed by atoms with Crippen molar-refractivity contribution in [2.45, 2.75) is 23.2 Å². The molecule has 1 atom stereocenters. The van der Waals surface area contributed by atoms with E-state index in [-0.39, 0.29) is 29.1 Å². The largest absolute Gasteiger partial charge is 0.379 e. The first-order valence-corrected chi connectivity index (χ1v) is 12.9. The second kappa shape index (κ2) is 11.8. The minimum absolute atomic E-state index is 0. The number of fused-ring (bicyclic) bond motifs is 1. The van der Waals surface area contributed by atoms with E-state index in [9.17, 15) is 9.59 Å². The summed E-state index contributed by atoms with van der Waals surface area (Å²) < 4.78 is 7.19. The monoisotopic (exact) mass is 534 g/mol. The highest BCUT2D eigenvalue weighted by molar-refractivity contribution is 7.99. The standard InChI is InChI=1S/C25H27ClN4O3S.ClH/c26-18-7-9-19(10-8-18)30-24(32)21-4-1-2-5-22(21)27-25(30)34-20(16-28-12-14-33-15-13-28)17-29-11-3-6-23(29)31;/h1-2,4-5,7-10,20H,3,6,11-17H2;1H. The molecule has 0 N–H and O–H groups in total. The van der Waals surface area contributed by atoms with Crippen molar-refractivity contribution >= 4 is 52.6 Å². The molecule has 1 amide bonds. The fourth-order valence-corrected chi connectivity index (χ4v) is 5.91. The fourth-order valence-electron chi connectivity index (χ4n) is 4.51. The number of benzene rings is 2. The Morgan fingerprint density at radius 1 is 1.00 bits per heavy atom. The number of halogens is 2. The van der Waals surface area contributed by atoms with Gasteiger partial charge in [-0.25, -0.2) is 4.98 Å². The van der Waals surface area contributed by atoms with Crippen LogP contribution in [0.2, 0.25) is 5.02 Å². The summed E-state index contributed by atoms with van der Waals surface area (Å²) >= 11 is 7.68. The lowest BCUT2D eigenvalue weighted by molar-refractivity contribution is -0.127. The number of amides is 1. The summed E-state index contributed by atoms with van der Waals surface area (Å²) in [6, 6.07) is 14.7. The Bertz CT molecular complexity index is 1230. The Balaban J connectivity index is 0.00000289. The van der Waals surface area contributed by atoms with Crippen LogP contribution in [0.25, 0.3) is 16.6 Å². The molecule has 0 spiro atoms. The molecule has 2 aromatic carbocycles. The average Bonchev–Trinajstić information content (AvgIpc) is 3.25. The number of rotatable bonds is 7. The van der Waals surface area contributed by atoms with Crippen LogP contribution in [0.4, 0.5) is 0 Å². The minimum atomic E-state index is -0.113. The van der Waals surface area contributed by atoms with Gasteiger partial charge in [0.1, 0.15) is 0 Å². The van der Waals surface area contributed by atoms with Gasteiger partial charge in [0.05, 0.1) is 29.8 Å². The van der Waals surface area contributed by atoms with E-state index in [2.05, 4.69) is 4.90 Å². The Morgan fingerprint density at radius 2 is 1.74 bits per heavy atom. The third kappa shape index (κ3) is 6.01. The number of carbonyl (C=O) groups is 1. The maximum atomic E-state index is 13.6. The topological polar surface area (TPSA) is 67.7 Å². The summed E-state index contributed by atoms with van der Waals surface area (Å²) in [5.41, 5.74) is 1.28. The Labute approximate surface area is 219 Å². The highest BCUT2D eigenvalue weighted by Gasteiger charge is 2.27. The van der Waals surface area contributed by atoms with E-state index < -0.39 is 0 Å². The average molecular weight is 535 g/mol. The minimum Gasteiger partial charge on any atom is -0.379 e. The molecule has 1 aromatic heterocycles. The van der Waals surface area contributed by atoms with Gasteiger partial charge in [0, 0.05) is 49.4 Å². The number of thioether (sulfide) groups is 1. The molecule has 0 aliphatic carbocycles. The van der Waals surface area contributed by atoms with Gasteiger partial charge in [0.15, 0.2) is 5.16 Å². The maximum absolute atomic E-state index is 13.6. The molecular weight excluding hydrogens is 507 g/mol. The number of morpholine rings is 1. The molecule has 0 saturated carbocycles. The molecule has 2 fully saturated rings. The first-order valence-electron chi connectivity index (χ1n) is 11.6. The molecule has 5 rings (SSSR count). The molecule has 1 unspecified atom stereocenters. The summed E-state index contributed by atoms with van der Waals surface area (Å²) in [7, 11) is 0. The molecule has 186 valence electrons. The third-order valence-electron chi connectivity index (χ3n) is 6.26. The van der Waals surface area contributed by atoms with Crippen molar-refractivity contribution in [3.05, 3.63) is 63.9 Å². The van der Waals surface area contributed by atoms with Gasteiger partial charge >= 0.3 is 0 Å². The maximum Gasteiger partial charge on any atom is 0.266 e. The third-order valence-corrected chi connectivity index (χ3v) is 7.63. The number of aromatic nitrogens is 2. The zero-order valence-corrected chi connectivity index (χ0v) is 21.7. The van der Waals surface area contributed by atoms with Crippen molar-refractivity contribution < 1.29 is 9.53 Å². The van der Waals surface area contributed by atoms with E-state index in [4.69, 9.17) is 21.3 Å². The number of hydrogen-bond acceptors (Lipinski definition) is 6. The molecular formula is C25H28Cl2N4O3S. The van der Waals surface area contributed by atoms with Crippen molar-refractivity contribution in [3.8, 4) is 5.69 Å².